The van der Waals surface area contributed by atoms with Gasteiger partial charge in [-0.3, -0.25) is 4.79 Å². The van der Waals surface area contributed by atoms with Crippen molar-refractivity contribution in [3.63, 3.8) is 0 Å². The topological polar surface area (TPSA) is 20.3 Å². The Hall–Kier alpha value is -1.04. The lowest BCUT2D eigenvalue weighted by Gasteiger charge is -2.23. The molecule has 6 heteroatoms. The molecule has 0 bridgehead atoms. The Labute approximate surface area is 136 Å². The van der Waals surface area contributed by atoms with E-state index in [2.05, 4.69) is 29.8 Å². The number of rotatable bonds is 3. The molecule has 122 valence electrons. The normalized spacial score (nSPS) is 19.5. The van der Waals surface area contributed by atoms with Crippen molar-refractivity contribution >= 4 is 27.5 Å². The largest absolute Gasteiger partial charge is 0.471 e. The molecule has 2 atom stereocenters. The van der Waals surface area contributed by atoms with E-state index in [0.717, 1.165) is 22.4 Å². The first-order chi connectivity index (χ1) is 10.1. The Morgan fingerprint density at radius 2 is 2.05 bits per heavy atom. The van der Waals surface area contributed by atoms with Crippen molar-refractivity contribution in [3.05, 3.63) is 29.3 Å². The summed E-state index contributed by atoms with van der Waals surface area (Å²) in [5.74, 6) is -1.32. The van der Waals surface area contributed by atoms with Crippen molar-refractivity contribution in [2.24, 2.45) is 5.92 Å². The summed E-state index contributed by atoms with van der Waals surface area (Å²) < 4.78 is 38.1. The molecule has 1 aromatic rings. The van der Waals surface area contributed by atoms with Gasteiger partial charge in [-0.25, -0.2) is 0 Å². The number of hydrogen-bond acceptors (Lipinski definition) is 1. The van der Waals surface area contributed by atoms with Crippen LogP contribution in [0.15, 0.2) is 18.2 Å². The maximum Gasteiger partial charge on any atom is 0.471 e. The van der Waals surface area contributed by atoms with Crippen molar-refractivity contribution in [3.8, 4) is 0 Å². The minimum Gasteiger partial charge on any atom is -0.301 e. The lowest BCUT2D eigenvalue weighted by molar-refractivity contribution is -0.170. The fourth-order valence-corrected chi connectivity index (χ4v) is 3.09. The maximum absolute atomic E-state index is 12.7. The van der Waals surface area contributed by atoms with Crippen LogP contribution in [0.4, 0.5) is 18.9 Å². The summed E-state index contributed by atoms with van der Waals surface area (Å²) in [6.07, 6.45) is -3.57. The van der Waals surface area contributed by atoms with Crippen LogP contribution in [0.25, 0.3) is 0 Å². The third-order valence-corrected chi connectivity index (χ3v) is 5.36. The highest BCUT2D eigenvalue weighted by Gasteiger charge is 2.46. The van der Waals surface area contributed by atoms with Crippen LogP contribution in [-0.4, -0.2) is 23.0 Å². The summed E-state index contributed by atoms with van der Waals surface area (Å²) >= 11 is 3.62. The summed E-state index contributed by atoms with van der Waals surface area (Å²) in [6, 6.07) is 4.90. The number of amides is 1. The Morgan fingerprint density at radius 1 is 1.41 bits per heavy atom. The summed E-state index contributed by atoms with van der Waals surface area (Å²) in [5.41, 5.74) is 2.27. The second-order valence-corrected chi connectivity index (χ2v) is 7.33. The first-order valence-corrected chi connectivity index (χ1v) is 8.19. The van der Waals surface area contributed by atoms with Gasteiger partial charge in [-0.1, -0.05) is 41.9 Å². The van der Waals surface area contributed by atoms with Crippen LogP contribution in [-0.2, 0) is 17.6 Å². The minimum absolute atomic E-state index is 0.317. The lowest BCUT2D eigenvalue weighted by Crippen LogP contribution is -2.44. The average Bonchev–Trinajstić information content (AvgIpc) is 2.71. The lowest BCUT2D eigenvalue weighted by atomic mass is 9.99. The van der Waals surface area contributed by atoms with E-state index in [9.17, 15) is 18.0 Å². The molecular formula is C16H19BrF3NO. The van der Waals surface area contributed by atoms with E-state index < -0.39 is 18.1 Å². The van der Waals surface area contributed by atoms with Crippen LogP contribution in [0.5, 0.6) is 0 Å². The van der Waals surface area contributed by atoms with Crippen molar-refractivity contribution in [1.82, 2.24) is 0 Å². The molecule has 0 saturated carbocycles. The van der Waals surface area contributed by atoms with Gasteiger partial charge in [0.2, 0.25) is 0 Å². The van der Waals surface area contributed by atoms with E-state index in [1.165, 1.54) is 0 Å². The van der Waals surface area contributed by atoms with E-state index in [4.69, 9.17) is 0 Å². The van der Waals surface area contributed by atoms with Gasteiger partial charge in [0, 0.05) is 16.6 Å². The molecule has 0 fully saturated rings. The number of carbonyl (C=O) groups excluding carboxylic acids is 1. The van der Waals surface area contributed by atoms with E-state index in [1.807, 2.05) is 12.1 Å². The van der Waals surface area contributed by atoms with E-state index in [1.54, 1.807) is 13.0 Å². The fraction of sp³-hybridized carbons (Fsp3) is 0.562. The number of benzene rings is 1. The number of carbonyl (C=O) groups is 1. The monoisotopic (exact) mass is 377 g/mol. The third kappa shape index (κ3) is 3.47. The Kier molecular flexibility index (Phi) is 4.90. The molecular weight excluding hydrogens is 359 g/mol. The van der Waals surface area contributed by atoms with Crippen molar-refractivity contribution in [2.75, 3.05) is 4.90 Å². The van der Waals surface area contributed by atoms with Gasteiger partial charge in [-0.2, -0.15) is 13.2 Å². The molecule has 1 aliphatic heterocycles. The second-order valence-electron chi connectivity index (χ2n) is 6.15. The molecule has 1 amide bonds. The van der Waals surface area contributed by atoms with Crippen LogP contribution in [0, 0.1) is 5.92 Å². The SMILES string of the molecule is CC(C)C(Br)Cc1ccc2c(c1)CC(C)N2C(=O)C(F)(F)F. The highest BCUT2D eigenvalue weighted by Crippen LogP contribution is 2.36. The zero-order valence-corrected chi connectivity index (χ0v) is 14.3. The van der Waals surface area contributed by atoms with Crippen molar-refractivity contribution in [2.45, 2.75) is 50.7 Å². The Balaban J connectivity index is 2.26. The van der Waals surface area contributed by atoms with Crippen LogP contribution >= 0.6 is 15.9 Å². The number of anilines is 1. The third-order valence-electron chi connectivity index (χ3n) is 3.97. The van der Waals surface area contributed by atoms with Crippen LogP contribution in [0.2, 0.25) is 0 Å². The van der Waals surface area contributed by atoms with Gasteiger partial charge >= 0.3 is 12.1 Å². The van der Waals surface area contributed by atoms with Gasteiger partial charge in [0.25, 0.3) is 0 Å². The van der Waals surface area contributed by atoms with Crippen LogP contribution in [0.1, 0.15) is 31.9 Å². The smallest absolute Gasteiger partial charge is 0.301 e. The highest BCUT2D eigenvalue weighted by atomic mass is 79.9. The second kappa shape index (κ2) is 6.22. The minimum atomic E-state index is -4.84. The van der Waals surface area contributed by atoms with Gasteiger partial charge in [0.05, 0.1) is 0 Å². The summed E-state index contributed by atoms with van der Waals surface area (Å²) in [5, 5.41) is 0. The summed E-state index contributed by atoms with van der Waals surface area (Å²) in [4.78, 5) is 12.8. The highest BCUT2D eigenvalue weighted by molar-refractivity contribution is 9.09. The van der Waals surface area contributed by atoms with Crippen molar-refractivity contribution in [1.29, 1.82) is 0 Å². The van der Waals surface area contributed by atoms with Crippen molar-refractivity contribution < 1.29 is 18.0 Å². The molecule has 0 aliphatic carbocycles. The van der Waals surface area contributed by atoms with Gasteiger partial charge in [0.1, 0.15) is 0 Å². The molecule has 2 nitrogen and oxygen atoms in total. The molecule has 0 radical (unpaired) electrons. The molecule has 0 N–H and O–H groups in total. The molecule has 0 aromatic heterocycles. The summed E-state index contributed by atoms with van der Waals surface area (Å²) in [6.45, 7) is 5.86. The number of hydrogen-bond donors (Lipinski definition) is 0. The fourth-order valence-electron chi connectivity index (χ4n) is 2.72. The number of nitrogens with zero attached hydrogens (tertiary/aromatic N) is 1. The molecule has 22 heavy (non-hydrogen) atoms. The molecule has 2 rings (SSSR count). The number of fused-ring (bicyclic) bond motifs is 1. The van der Waals surface area contributed by atoms with Gasteiger partial charge in [0.15, 0.2) is 0 Å². The first-order valence-electron chi connectivity index (χ1n) is 7.27. The number of alkyl halides is 4. The van der Waals surface area contributed by atoms with Gasteiger partial charge in [-0.05, 0) is 42.9 Å². The Bertz CT molecular complexity index is 571. The maximum atomic E-state index is 12.7. The van der Waals surface area contributed by atoms with E-state index in [0.29, 0.717) is 22.9 Å². The Morgan fingerprint density at radius 3 is 2.59 bits per heavy atom. The average molecular weight is 378 g/mol. The molecule has 1 aliphatic rings. The predicted molar refractivity (Wildman–Crippen MR) is 84.4 cm³/mol. The summed E-state index contributed by atoms with van der Waals surface area (Å²) in [7, 11) is 0. The zero-order chi connectivity index (χ0) is 16.7. The van der Waals surface area contributed by atoms with E-state index in [-0.39, 0.29) is 0 Å². The molecule has 0 saturated heterocycles. The molecule has 2 unspecified atom stereocenters. The zero-order valence-electron chi connectivity index (χ0n) is 12.7. The van der Waals surface area contributed by atoms with Crippen LogP contribution in [0.3, 0.4) is 0 Å². The standard InChI is InChI=1S/C16H19BrF3NO/c1-9(2)13(17)8-11-4-5-14-12(7-11)6-10(3)21(14)15(22)16(18,19)20/h4-5,7,9-10,13H,6,8H2,1-3H3. The first kappa shape index (κ1) is 17.3. The molecule has 0 spiro atoms. The quantitative estimate of drug-likeness (QED) is 0.710. The van der Waals surface area contributed by atoms with Gasteiger partial charge < -0.3 is 4.90 Å². The van der Waals surface area contributed by atoms with Gasteiger partial charge in [-0.15, -0.1) is 0 Å². The predicted octanol–water partition coefficient (Wildman–Crippen LogP) is 4.49. The number of halogens is 4. The molecule has 1 aromatic carbocycles. The van der Waals surface area contributed by atoms with E-state index >= 15 is 0 Å². The molecule has 1 heterocycles. The van der Waals surface area contributed by atoms with Crippen LogP contribution < -0.4 is 4.90 Å².